The molecule has 1 saturated heterocycles. The maximum Gasteiger partial charge on any atom is 0.0510 e. The SMILES string of the molecule is C#CCCC(NC)C1CCOC1. The van der Waals surface area contributed by atoms with E-state index in [2.05, 4.69) is 11.2 Å². The number of hydrogen-bond donors (Lipinski definition) is 1. The van der Waals surface area contributed by atoms with Crippen LogP contribution in [0.5, 0.6) is 0 Å². The molecule has 0 spiro atoms. The molecule has 0 aromatic rings. The molecule has 0 radical (unpaired) electrons. The molecule has 1 N–H and O–H groups in total. The van der Waals surface area contributed by atoms with Gasteiger partial charge in [0.15, 0.2) is 0 Å². The zero-order valence-electron chi connectivity index (χ0n) is 7.68. The van der Waals surface area contributed by atoms with Crippen molar-refractivity contribution in [3.05, 3.63) is 0 Å². The molecule has 68 valence electrons. The molecule has 2 nitrogen and oxygen atoms in total. The molecule has 1 aliphatic rings. The Labute approximate surface area is 74.7 Å². The first kappa shape index (κ1) is 9.57. The van der Waals surface area contributed by atoms with Crippen molar-refractivity contribution < 1.29 is 4.74 Å². The Morgan fingerprint density at radius 1 is 1.75 bits per heavy atom. The van der Waals surface area contributed by atoms with E-state index < -0.39 is 0 Å². The summed E-state index contributed by atoms with van der Waals surface area (Å²) >= 11 is 0. The van der Waals surface area contributed by atoms with Gasteiger partial charge in [-0.25, -0.2) is 0 Å². The minimum Gasteiger partial charge on any atom is -0.381 e. The summed E-state index contributed by atoms with van der Waals surface area (Å²) < 4.78 is 5.33. The molecule has 0 amide bonds. The van der Waals surface area contributed by atoms with E-state index in [0.717, 1.165) is 26.1 Å². The van der Waals surface area contributed by atoms with Crippen molar-refractivity contribution in [3.8, 4) is 12.3 Å². The minimum atomic E-state index is 0.545. The van der Waals surface area contributed by atoms with E-state index in [-0.39, 0.29) is 0 Å². The molecule has 0 saturated carbocycles. The van der Waals surface area contributed by atoms with Crippen LogP contribution in [0.25, 0.3) is 0 Å². The van der Waals surface area contributed by atoms with Crippen LogP contribution in [-0.4, -0.2) is 26.3 Å². The second-order valence-corrected chi connectivity index (χ2v) is 3.26. The molecule has 2 heteroatoms. The first-order chi connectivity index (χ1) is 5.88. The first-order valence-electron chi connectivity index (χ1n) is 4.57. The third kappa shape index (κ3) is 2.51. The van der Waals surface area contributed by atoms with Crippen LogP contribution >= 0.6 is 0 Å². The number of hydrogen-bond acceptors (Lipinski definition) is 2. The van der Waals surface area contributed by atoms with E-state index in [0.29, 0.717) is 12.0 Å². The Kier molecular flexibility index (Phi) is 4.13. The van der Waals surface area contributed by atoms with Gasteiger partial charge < -0.3 is 10.1 Å². The lowest BCUT2D eigenvalue weighted by molar-refractivity contribution is 0.176. The fraction of sp³-hybridized carbons (Fsp3) is 0.800. The monoisotopic (exact) mass is 167 g/mol. The summed E-state index contributed by atoms with van der Waals surface area (Å²) in [6, 6.07) is 0.545. The number of rotatable bonds is 4. The van der Waals surface area contributed by atoms with Crippen LogP contribution in [0.2, 0.25) is 0 Å². The van der Waals surface area contributed by atoms with E-state index >= 15 is 0 Å². The van der Waals surface area contributed by atoms with E-state index in [1.807, 2.05) is 7.05 Å². The lowest BCUT2D eigenvalue weighted by Crippen LogP contribution is -2.33. The highest BCUT2D eigenvalue weighted by Gasteiger charge is 2.23. The molecule has 1 heterocycles. The van der Waals surface area contributed by atoms with Crippen molar-refractivity contribution in [1.82, 2.24) is 5.32 Å². The van der Waals surface area contributed by atoms with Crippen molar-refractivity contribution in [3.63, 3.8) is 0 Å². The second-order valence-electron chi connectivity index (χ2n) is 3.26. The highest BCUT2D eigenvalue weighted by atomic mass is 16.5. The normalized spacial score (nSPS) is 25.2. The highest BCUT2D eigenvalue weighted by molar-refractivity contribution is 4.88. The van der Waals surface area contributed by atoms with Gasteiger partial charge in [0.1, 0.15) is 0 Å². The molecular formula is C10H17NO. The third-order valence-corrected chi connectivity index (χ3v) is 2.50. The van der Waals surface area contributed by atoms with Gasteiger partial charge in [0.25, 0.3) is 0 Å². The van der Waals surface area contributed by atoms with Crippen molar-refractivity contribution in [2.24, 2.45) is 5.92 Å². The maximum absolute atomic E-state index is 5.33. The zero-order valence-corrected chi connectivity index (χ0v) is 7.68. The van der Waals surface area contributed by atoms with Gasteiger partial charge >= 0.3 is 0 Å². The number of nitrogens with one attached hydrogen (secondary N) is 1. The fourth-order valence-electron chi connectivity index (χ4n) is 1.72. The summed E-state index contributed by atoms with van der Waals surface area (Å²) in [6.45, 7) is 1.81. The van der Waals surface area contributed by atoms with E-state index in [9.17, 15) is 0 Å². The standard InChI is InChI=1S/C10H17NO/c1-3-4-5-10(11-2)9-6-7-12-8-9/h1,9-11H,4-8H2,2H3. The summed E-state index contributed by atoms with van der Waals surface area (Å²) in [6.07, 6.45) is 8.33. The summed E-state index contributed by atoms with van der Waals surface area (Å²) in [5, 5.41) is 3.30. The molecule has 1 aliphatic heterocycles. The van der Waals surface area contributed by atoms with Crippen LogP contribution < -0.4 is 5.32 Å². The average molecular weight is 167 g/mol. The Hall–Kier alpha value is -0.520. The summed E-state index contributed by atoms with van der Waals surface area (Å²) in [5.41, 5.74) is 0. The molecule has 1 rings (SSSR count). The van der Waals surface area contributed by atoms with Crippen LogP contribution in [0, 0.1) is 18.3 Å². The quantitative estimate of drug-likeness (QED) is 0.631. The predicted octanol–water partition coefficient (Wildman–Crippen LogP) is 1.02. The van der Waals surface area contributed by atoms with Crippen LogP contribution in [0.15, 0.2) is 0 Å². The second kappa shape index (κ2) is 5.18. The molecule has 0 aromatic carbocycles. The van der Waals surface area contributed by atoms with Gasteiger partial charge in [0, 0.05) is 19.1 Å². The molecule has 0 bridgehead atoms. The van der Waals surface area contributed by atoms with Gasteiger partial charge in [-0.1, -0.05) is 0 Å². The summed E-state index contributed by atoms with van der Waals surface area (Å²) in [5.74, 6) is 3.34. The van der Waals surface area contributed by atoms with Crippen molar-refractivity contribution in [2.45, 2.75) is 25.3 Å². The van der Waals surface area contributed by atoms with Gasteiger partial charge in [0.05, 0.1) is 6.61 Å². The predicted molar refractivity (Wildman–Crippen MR) is 49.8 cm³/mol. The average Bonchev–Trinajstić information content (AvgIpc) is 2.59. The molecular weight excluding hydrogens is 150 g/mol. The molecule has 0 aliphatic carbocycles. The van der Waals surface area contributed by atoms with E-state index in [4.69, 9.17) is 11.2 Å². The largest absolute Gasteiger partial charge is 0.381 e. The number of terminal acetylenes is 1. The van der Waals surface area contributed by atoms with Crippen LogP contribution in [0.1, 0.15) is 19.3 Å². The van der Waals surface area contributed by atoms with Gasteiger partial charge in [-0.3, -0.25) is 0 Å². The van der Waals surface area contributed by atoms with E-state index in [1.165, 1.54) is 6.42 Å². The third-order valence-electron chi connectivity index (χ3n) is 2.50. The van der Waals surface area contributed by atoms with Crippen LogP contribution in [0.3, 0.4) is 0 Å². The topological polar surface area (TPSA) is 21.3 Å². The molecule has 2 unspecified atom stereocenters. The number of ether oxygens (including phenoxy) is 1. The van der Waals surface area contributed by atoms with Gasteiger partial charge in [-0.05, 0) is 25.8 Å². The van der Waals surface area contributed by atoms with Crippen LogP contribution in [0.4, 0.5) is 0 Å². The van der Waals surface area contributed by atoms with Crippen molar-refractivity contribution >= 4 is 0 Å². The Balaban J connectivity index is 2.28. The van der Waals surface area contributed by atoms with Gasteiger partial charge in [-0.15, -0.1) is 12.3 Å². The van der Waals surface area contributed by atoms with Crippen LogP contribution in [-0.2, 0) is 4.74 Å². The lowest BCUT2D eigenvalue weighted by atomic mass is 9.95. The lowest BCUT2D eigenvalue weighted by Gasteiger charge is -2.20. The molecule has 0 aromatic heterocycles. The molecule has 2 atom stereocenters. The summed E-state index contributed by atoms with van der Waals surface area (Å²) in [4.78, 5) is 0. The Morgan fingerprint density at radius 2 is 2.58 bits per heavy atom. The zero-order chi connectivity index (χ0) is 8.81. The summed E-state index contributed by atoms with van der Waals surface area (Å²) in [7, 11) is 2.00. The Morgan fingerprint density at radius 3 is 3.08 bits per heavy atom. The smallest absolute Gasteiger partial charge is 0.0510 e. The maximum atomic E-state index is 5.33. The Bertz CT molecular complexity index is 156. The molecule has 1 fully saturated rings. The van der Waals surface area contributed by atoms with E-state index in [1.54, 1.807) is 0 Å². The highest BCUT2D eigenvalue weighted by Crippen LogP contribution is 2.19. The fourth-order valence-corrected chi connectivity index (χ4v) is 1.72. The molecule has 12 heavy (non-hydrogen) atoms. The first-order valence-corrected chi connectivity index (χ1v) is 4.57. The van der Waals surface area contributed by atoms with Crippen molar-refractivity contribution in [1.29, 1.82) is 0 Å². The minimum absolute atomic E-state index is 0.545. The van der Waals surface area contributed by atoms with Crippen molar-refractivity contribution in [2.75, 3.05) is 20.3 Å². The van der Waals surface area contributed by atoms with Gasteiger partial charge in [0.2, 0.25) is 0 Å². The van der Waals surface area contributed by atoms with Gasteiger partial charge in [-0.2, -0.15) is 0 Å².